The molecule has 2 rings (SSSR count). The van der Waals surface area contributed by atoms with Crippen LogP contribution in [0, 0.1) is 0 Å². The van der Waals surface area contributed by atoms with E-state index in [4.69, 9.17) is 9.47 Å². The minimum Gasteiger partial charge on any atom is -0.490 e. The maximum absolute atomic E-state index is 12.0. The van der Waals surface area contributed by atoms with E-state index in [1.807, 2.05) is 51.4 Å². The Morgan fingerprint density at radius 3 is 2.52 bits per heavy atom. The predicted octanol–water partition coefficient (Wildman–Crippen LogP) is 2.80. The van der Waals surface area contributed by atoms with Gasteiger partial charge in [0.25, 0.3) is 5.91 Å². The van der Waals surface area contributed by atoms with Crippen LogP contribution in [-0.2, 0) is 13.5 Å². The molecule has 1 aromatic heterocycles. The van der Waals surface area contributed by atoms with Crippen molar-refractivity contribution in [3.05, 3.63) is 47.8 Å². The molecule has 5 heteroatoms. The molecule has 23 heavy (non-hydrogen) atoms. The van der Waals surface area contributed by atoms with Crippen LogP contribution < -0.4 is 14.8 Å². The fourth-order valence-corrected chi connectivity index (χ4v) is 2.36. The predicted molar refractivity (Wildman–Crippen MR) is 90.2 cm³/mol. The van der Waals surface area contributed by atoms with Gasteiger partial charge >= 0.3 is 0 Å². The van der Waals surface area contributed by atoms with Gasteiger partial charge in [-0.2, -0.15) is 0 Å². The van der Waals surface area contributed by atoms with Crippen molar-refractivity contribution in [1.29, 1.82) is 0 Å². The van der Waals surface area contributed by atoms with Crippen molar-refractivity contribution >= 4 is 5.91 Å². The van der Waals surface area contributed by atoms with Gasteiger partial charge in [-0.3, -0.25) is 4.79 Å². The number of amides is 1. The van der Waals surface area contributed by atoms with E-state index < -0.39 is 0 Å². The van der Waals surface area contributed by atoms with E-state index in [-0.39, 0.29) is 5.91 Å². The second-order valence-electron chi connectivity index (χ2n) is 5.16. The third kappa shape index (κ3) is 4.52. The van der Waals surface area contributed by atoms with Crippen LogP contribution in [0.1, 0.15) is 29.9 Å². The van der Waals surface area contributed by atoms with Crippen molar-refractivity contribution in [2.75, 3.05) is 19.8 Å². The summed E-state index contributed by atoms with van der Waals surface area (Å²) in [6.45, 7) is 5.66. The molecule has 0 saturated carbocycles. The lowest BCUT2D eigenvalue weighted by atomic mass is 10.1. The second-order valence-corrected chi connectivity index (χ2v) is 5.16. The Hall–Kier alpha value is -2.43. The van der Waals surface area contributed by atoms with Gasteiger partial charge in [-0.15, -0.1) is 0 Å². The molecule has 1 aromatic carbocycles. The molecule has 5 nitrogen and oxygen atoms in total. The number of aryl methyl sites for hydroxylation is 1. The molecule has 1 amide bonds. The average molecular weight is 316 g/mol. The molecule has 0 bridgehead atoms. The van der Waals surface area contributed by atoms with Crippen LogP contribution in [0.15, 0.2) is 36.5 Å². The summed E-state index contributed by atoms with van der Waals surface area (Å²) in [4.78, 5) is 12.0. The SMILES string of the molecule is CCOc1ccc(CCNC(=O)c2cccn2C)cc1OCC. The summed E-state index contributed by atoms with van der Waals surface area (Å²) in [6, 6.07) is 9.56. The van der Waals surface area contributed by atoms with Crippen LogP contribution in [0.4, 0.5) is 0 Å². The standard InChI is InChI=1S/C18H24N2O3/c1-4-22-16-9-8-14(13-17(16)23-5-2)10-11-19-18(21)15-7-6-12-20(15)3/h6-9,12-13H,4-5,10-11H2,1-3H3,(H,19,21). The van der Waals surface area contributed by atoms with Crippen molar-refractivity contribution in [2.45, 2.75) is 20.3 Å². The molecule has 0 aliphatic rings. The molecule has 0 radical (unpaired) electrons. The second kappa shape index (κ2) is 8.27. The van der Waals surface area contributed by atoms with Gasteiger partial charge in [0.15, 0.2) is 11.5 Å². The molecule has 0 spiro atoms. The highest BCUT2D eigenvalue weighted by Gasteiger charge is 2.09. The Labute approximate surface area is 137 Å². The average Bonchev–Trinajstić information content (AvgIpc) is 2.96. The number of hydrogen-bond acceptors (Lipinski definition) is 3. The van der Waals surface area contributed by atoms with Crippen LogP contribution in [0.2, 0.25) is 0 Å². The quantitative estimate of drug-likeness (QED) is 0.815. The maximum Gasteiger partial charge on any atom is 0.267 e. The molecule has 0 fully saturated rings. The van der Waals surface area contributed by atoms with Gasteiger partial charge in [0, 0.05) is 19.8 Å². The molecule has 0 saturated heterocycles. The Balaban J connectivity index is 1.94. The molecular formula is C18H24N2O3. The minimum atomic E-state index is -0.0616. The van der Waals surface area contributed by atoms with Crippen LogP contribution in [0.5, 0.6) is 11.5 Å². The summed E-state index contributed by atoms with van der Waals surface area (Å²) in [5.41, 5.74) is 1.76. The summed E-state index contributed by atoms with van der Waals surface area (Å²) in [7, 11) is 1.86. The Bertz CT molecular complexity index is 649. The van der Waals surface area contributed by atoms with Gasteiger partial charge in [-0.1, -0.05) is 6.07 Å². The Morgan fingerprint density at radius 1 is 1.13 bits per heavy atom. The van der Waals surface area contributed by atoms with Crippen molar-refractivity contribution in [3.8, 4) is 11.5 Å². The van der Waals surface area contributed by atoms with E-state index in [1.54, 1.807) is 10.6 Å². The topological polar surface area (TPSA) is 52.5 Å². The van der Waals surface area contributed by atoms with Crippen LogP contribution >= 0.6 is 0 Å². The van der Waals surface area contributed by atoms with Crippen LogP contribution in [-0.4, -0.2) is 30.2 Å². The van der Waals surface area contributed by atoms with Gasteiger partial charge in [-0.05, 0) is 50.1 Å². The fraction of sp³-hybridized carbons (Fsp3) is 0.389. The summed E-state index contributed by atoms with van der Waals surface area (Å²) in [5.74, 6) is 1.44. The zero-order valence-corrected chi connectivity index (χ0v) is 14.0. The van der Waals surface area contributed by atoms with Crippen molar-refractivity contribution in [2.24, 2.45) is 7.05 Å². The molecule has 1 N–H and O–H groups in total. The largest absolute Gasteiger partial charge is 0.490 e. The number of benzene rings is 1. The maximum atomic E-state index is 12.0. The summed E-state index contributed by atoms with van der Waals surface area (Å²) in [6.07, 6.45) is 2.60. The number of ether oxygens (including phenoxy) is 2. The van der Waals surface area contributed by atoms with Gasteiger partial charge in [-0.25, -0.2) is 0 Å². The van der Waals surface area contributed by atoms with E-state index in [0.29, 0.717) is 25.5 Å². The number of hydrogen-bond donors (Lipinski definition) is 1. The fourth-order valence-electron chi connectivity index (χ4n) is 2.36. The minimum absolute atomic E-state index is 0.0616. The van der Waals surface area contributed by atoms with Gasteiger partial charge in [0.2, 0.25) is 0 Å². The van der Waals surface area contributed by atoms with Crippen LogP contribution in [0.3, 0.4) is 0 Å². The Morgan fingerprint density at radius 2 is 1.87 bits per heavy atom. The van der Waals surface area contributed by atoms with Gasteiger partial charge < -0.3 is 19.4 Å². The third-order valence-electron chi connectivity index (χ3n) is 3.48. The molecule has 124 valence electrons. The zero-order chi connectivity index (χ0) is 16.7. The molecule has 0 atom stereocenters. The molecule has 2 aromatic rings. The van der Waals surface area contributed by atoms with Crippen LogP contribution in [0.25, 0.3) is 0 Å². The summed E-state index contributed by atoms with van der Waals surface area (Å²) in [5, 5.41) is 2.93. The molecule has 0 aliphatic carbocycles. The summed E-state index contributed by atoms with van der Waals surface area (Å²) >= 11 is 0. The van der Waals surface area contributed by atoms with E-state index >= 15 is 0 Å². The molecule has 0 unspecified atom stereocenters. The number of carbonyl (C=O) groups is 1. The van der Waals surface area contributed by atoms with Crippen molar-refractivity contribution < 1.29 is 14.3 Å². The van der Waals surface area contributed by atoms with Gasteiger partial charge in [0.05, 0.1) is 13.2 Å². The molecular weight excluding hydrogens is 292 g/mol. The first-order valence-electron chi connectivity index (χ1n) is 7.93. The van der Waals surface area contributed by atoms with E-state index in [2.05, 4.69) is 5.32 Å². The summed E-state index contributed by atoms with van der Waals surface area (Å²) < 4.78 is 13.0. The highest BCUT2D eigenvalue weighted by molar-refractivity contribution is 5.92. The first-order valence-corrected chi connectivity index (χ1v) is 7.93. The highest BCUT2D eigenvalue weighted by Crippen LogP contribution is 2.28. The number of carbonyl (C=O) groups excluding carboxylic acids is 1. The normalized spacial score (nSPS) is 10.4. The molecule has 0 aliphatic heterocycles. The van der Waals surface area contributed by atoms with Crippen molar-refractivity contribution in [1.82, 2.24) is 9.88 Å². The van der Waals surface area contributed by atoms with E-state index in [0.717, 1.165) is 23.5 Å². The highest BCUT2D eigenvalue weighted by atomic mass is 16.5. The first kappa shape index (κ1) is 16.9. The Kier molecular flexibility index (Phi) is 6.09. The zero-order valence-electron chi connectivity index (χ0n) is 14.0. The third-order valence-corrected chi connectivity index (χ3v) is 3.48. The first-order chi connectivity index (χ1) is 11.2. The number of nitrogens with zero attached hydrogens (tertiary/aromatic N) is 1. The van der Waals surface area contributed by atoms with Crippen molar-refractivity contribution in [3.63, 3.8) is 0 Å². The smallest absolute Gasteiger partial charge is 0.267 e. The number of aromatic nitrogens is 1. The lowest BCUT2D eigenvalue weighted by Gasteiger charge is -2.12. The molecule has 1 heterocycles. The van der Waals surface area contributed by atoms with E-state index in [1.165, 1.54) is 0 Å². The van der Waals surface area contributed by atoms with Gasteiger partial charge in [0.1, 0.15) is 5.69 Å². The number of rotatable bonds is 8. The van der Waals surface area contributed by atoms with E-state index in [9.17, 15) is 4.79 Å². The monoisotopic (exact) mass is 316 g/mol. The number of nitrogens with one attached hydrogen (secondary N) is 1. The lowest BCUT2D eigenvalue weighted by molar-refractivity contribution is 0.0946. The lowest BCUT2D eigenvalue weighted by Crippen LogP contribution is -2.27.